The van der Waals surface area contributed by atoms with Gasteiger partial charge in [-0.1, -0.05) is 67.6 Å². The zero-order chi connectivity index (χ0) is 47.8. The molecule has 4 rings (SSSR count). The zero-order valence-corrected chi connectivity index (χ0v) is 36.9. The van der Waals surface area contributed by atoms with Crippen LogP contribution in [0.2, 0.25) is 0 Å². The van der Waals surface area contributed by atoms with Gasteiger partial charge in [-0.05, 0) is 71.7 Å². The molecule has 0 unspecified atom stereocenters. The summed E-state index contributed by atoms with van der Waals surface area (Å²) in [7, 11) is -1.75. The summed E-state index contributed by atoms with van der Waals surface area (Å²) >= 11 is 0. The van der Waals surface area contributed by atoms with Gasteiger partial charge in [0.2, 0.25) is 18.0 Å². The van der Waals surface area contributed by atoms with Crippen molar-refractivity contribution >= 4 is 43.7 Å². The highest BCUT2D eigenvalue weighted by Crippen LogP contribution is 2.47. The Morgan fingerprint density at radius 2 is 1.38 bits per heavy atom. The number of ether oxygens (including phenoxy) is 1. The second-order valence-electron chi connectivity index (χ2n) is 15.7. The van der Waals surface area contributed by atoms with Crippen LogP contribution in [0.5, 0.6) is 5.75 Å². The van der Waals surface area contributed by atoms with Gasteiger partial charge in [-0.2, -0.15) is 26.3 Å². The molecule has 0 aliphatic carbocycles. The Labute approximate surface area is 364 Å². The van der Waals surface area contributed by atoms with Crippen LogP contribution in [0, 0.1) is 18.8 Å². The molecule has 1 aliphatic heterocycles. The fourth-order valence-corrected chi connectivity index (χ4v) is 6.55. The number of primary amides is 1. The molecule has 0 aromatic heterocycles. The number of hydrogen-bond donors (Lipinski definition) is 2. The van der Waals surface area contributed by atoms with E-state index in [1.807, 2.05) is 41.5 Å². The van der Waals surface area contributed by atoms with E-state index < -0.39 is 100 Å². The molecule has 0 fully saturated rings. The molecule has 0 bridgehead atoms. The molecule has 0 saturated heterocycles. The number of nitrogens with zero attached hydrogens (tertiary/aromatic N) is 2. The highest BCUT2D eigenvalue weighted by Gasteiger charge is 2.37. The predicted octanol–water partition coefficient (Wildman–Crippen LogP) is 9.33. The van der Waals surface area contributed by atoms with Crippen LogP contribution in [-0.2, 0) is 39.4 Å². The number of halogens is 6. The maximum Gasteiger partial charge on any atom is 0.398 e. The van der Waals surface area contributed by atoms with Crippen LogP contribution in [0.1, 0.15) is 90.8 Å². The maximum atomic E-state index is 14.2. The first-order valence-corrected chi connectivity index (χ1v) is 20.5. The lowest BCUT2D eigenvalue weighted by molar-refractivity contribution is -0.145. The first kappa shape index (κ1) is 53.6. The van der Waals surface area contributed by atoms with Crippen LogP contribution in [0.4, 0.5) is 32.0 Å². The minimum absolute atomic E-state index is 0.171. The van der Waals surface area contributed by atoms with Gasteiger partial charge in [0, 0.05) is 36.3 Å². The number of rotatable bonds is 15. The second-order valence-corrected chi connectivity index (χ2v) is 16.7. The second kappa shape index (κ2) is 23.8. The van der Waals surface area contributed by atoms with E-state index in [0.717, 1.165) is 11.8 Å². The normalized spacial score (nSPS) is 14.7. The number of amides is 3. The third-order valence-electron chi connectivity index (χ3n) is 8.03. The van der Waals surface area contributed by atoms with Crippen molar-refractivity contribution in [2.24, 2.45) is 16.6 Å². The van der Waals surface area contributed by atoms with Crippen LogP contribution in [-0.4, -0.2) is 65.9 Å². The Balaban J connectivity index is 0.00000157. The van der Waals surface area contributed by atoms with Crippen molar-refractivity contribution in [3.05, 3.63) is 95.6 Å². The quantitative estimate of drug-likeness (QED) is 0.0661. The van der Waals surface area contributed by atoms with Crippen LogP contribution in [0.3, 0.4) is 0 Å². The SMILES string of the molecule is C#C.CC(C)(C)OP(Oc1ccc(CC(=O)OCN2C(=O)[C@@H](NC(=O)[C@H](CCC(F)(F)F)CC(N)=O)N=C(c3ccccc3)c3ccccc32)cc1)OC(C)(C)C.CCC(F)(F)F. The van der Waals surface area contributed by atoms with Gasteiger partial charge in [-0.3, -0.25) is 33.1 Å². The molecule has 2 atom stereocenters. The minimum atomic E-state index is -4.60. The third-order valence-corrected chi connectivity index (χ3v) is 9.79. The van der Waals surface area contributed by atoms with Crippen LogP contribution < -0.4 is 20.5 Å². The highest BCUT2D eigenvalue weighted by atomic mass is 31.2. The Morgan fingerprint density at radius 1 is 0.841 bits per heavy atom. The fraction of sp³-hybridized carbons (Fsp3) is 0.432. The lowest BCUT2D eigenvalue weighted by atomic mass is 9.97. The molecule has 1 aliphatic rings. The van der Waals surface area contributed by atoms with E-state index >= 15 is 0 Å². The Morgan fingerprint density at radius 3 is 1.89 bits per heavy atom. The predicted molar refractivity (Wildman–Crippen MR) is 227 cm³/mol. The van der Waals surface area contributed by atoms with Gasteiger partial charge in [0.1, 0.15) is 5.75 Å². The van der Waals surface area contributed by atoms with Crippen molar-refractivity contribution in [2.75, 3.05) is 11.6 Å². The number of fused-ring (bicyclic) bond motifs is 1. The van der Waals surface area contributed by atoms with E-state index in [-0.39, 0.29) is 12.1 Å². The summed E-state index contributed by atoms with van der Waals surface area (Å²) in [6, 6.07) is 22.1. The maximum absolute atomic E-state index is 14.2. The number of terminal acetylenes is 1. The number of para-hydroxylation sites is 1. The number of carbonyl (C=O) groups excluding carboxylic acids is 4. The van der Waals surface area contributed by atoms with Crippen molar-refractivity contribution in [2.45, 2.75) is 110 Å². The number of anilines is 1. The largest absolute Gasteiger partial charge is 0.444 e. The van der Waals surface area contributed by atoms with Crippen molar-refractivity contribution < 1.29 is 63.8 Å². The molecule has 3 N–H and O–H groups in total. The standard InChI is InChI=1S/C39H46F3N4O8P.C3H5F3.C2H2/c1-37(2,3)53-55(54-38(4,5)6)52-28-18-16-25(17-19-28)22-32(48)51-24-46-30-15-11-10-14-29(30)33(26-12-8-7-9-13-26)44-34(36(46)50)45-35(49)27(23-31(43)47)20-21-39(40,41)42;1-2-3(4,5)6;1-2/h7-19,27,34H,20-24H2,1-6H3,(H2,43,47)(H,45,49);2H2,1H3;1-2H/t27-,34-;;/m1../s1. The Bertz CT molecular complexity index is 2000. The minimum Gasteiger partial charge on any atom is -0.444 e. The Kier molecular flexibility index (Phi) is 20.3. The summed E-state index contributed by atoms with van der Waals surface area (Å²) in [6.07, 6.45) is -5.89. The lowest BCUT2D eigenvalue weighted by Crippen LogP contribution is -2.50. The van der Waals surface area contributed by atoms with Crippen molar-refractivity contribution in [1.29, 1.82) is 0 Å². The number of nitrogens with one attached hydrogen (secondary N) is 1. The van der Waals surface area contributed by atoms with Gasteiger partial charge in [0.25, 0.3) is 5.91 Å². The molecule has 12 nitrogen and oxygen atoms in total. The number of nitrogens with two attached hydrogens (primary N) is 1. The highest BCUT2D eigenvalue weighted by molar-refractivity contribution is 7.42. The number of benzene rings is 3. The number of hydrogen-bond acceptors (Lipinski definition) is 9. The molecule has 63 heavy (non-hydrogen) atoms. The van der Waals surface area contributed by atoms with E-state index in [1.54, 1.807) is 78.9 Å². The van der Waals surface area contributed by atoms with E-state index in [4.69, 9.17) is 24.0 Å². The lowest BCUT2D eigenvalue weighted by Gasteiger charge is -2.30. The van der Waals surface area contributed by atoms with Crippen LogP contribution in [0.25, 0.3) is 0 Å². The first-order chi connectivity index (χ1) is 29.2. The molecule has 3 aromatic carbocycles. The van der Waals surface area contributed by atoms with Crippen molar-refractivity contribution in [3.8, 4) is 18.6 Å². The number of esters is 1. The molecule has 0 spiro atoms. The van der Waals surface area contributed by atoms with E-state index in [1.165, 1.54) is 0 Å². The molecule has 3 aromatic rings. The molecule has 0 saturated carbocycles. The summed E-state index contributed by atoms with van der Waals surface area (Å²) in [6.45, 7) is 11.8. The molecule has 0 radical (unpaired) electrons. The molecule has 344 valence electrons. The fourth-order valence-electron chi connectivity index (χ4n) is 5.25. The number of alkyl halides is 6. The van der Waals surface area contributed by atoms with Crippen molar-refractivity contribution in [1.82, 2.24) is 5.32 Å². The topological polar surface area (TPSA) is 159 Å². The van der Waals surface area contributed by atoms with Gasteiger partial charge in [-0.15, -0.1) is 12.8 Å². The smallest absolute Gasteiger partial charge is 0.398 e. The zero-order valence-electron chi connectivity index (χ0n) is 36.0. The molecule has 1 heterocycles. The summed E-state index contributed by atoms with van der Waals surface area (Å²) in [5.74, 6) is -4.55. The summed E-state index contributed by atoms with van der Waals surface area (Å²) in [5, 5.41) is 2.42. The van der Waals surface area contributed by atoms with Gasteiger partial charge in [0.15, 0.2) is 6.73 Å². The molecular weight excluding hydrogens is 857 g/mol. The van der Waals surface area contributed by atoms with Gasteiger partial charge in [0.05, 0.1) is 29.0 Å². The number of carbonyl (C=O) groups is 4. The van der Waals surface area contributed by atoms with Crippen LogP contribution >= 0.6 is 8.60 Å². The molecular formula is C44H53F6N4O8P. The monoisotopic (exact) mass is 910 g/mol. The molecule has 19 heteroatoms. The number of benzodiazepines with no additional fused rings is 1. The Hall–Kier alpha value is -5.50. The van der Waals surface area contributed by atoms with Crippen molar-refractivity contribution in [3.63, 3.8) is 0 Å². The summed E-state index contributed by atoms with van der Waals surface area (Å²) in [5.41, 5.74) is 6.41. The third kappa shape index (κ3) is 20.0. The average molecular weight is 911 g/mol. The summed E-state index contributed by atoms with van der Waals surface area (Å²) in [4.78, 5) is 58.1. The van der Waals surface area contributed by atoms with Gasteiger partial charge in [-0.25, -0.2) is 4.99 Å². The number of aliphatic imine (C=N–C) groups is 1. The van der Waals surface area contributed by atoms with E-state index in [9.17, 15) is 45.5 Å². The average Bonchev–Trinajstić information content (AvgIpc) is 3.29. The summed E-state index contributed by atoms with van der Waals surface area (Å²) < 4.78 is 95.2. The van der Waals surface area contributed by atoms with E-state index in [2.05, 4.69) is 23.2 Å². The van der Waals surface area contributed by atoms with Gasteiger partial charge >= 0.3 is 26.9 Å². The van der Waals surface area contributed by atoms with Gasteiger partial charge < -0.3 is 20.3 Å². The van der Waals surface area contributed by atoms with E-state index in [0.29, 0.717) is 28.1 Å². The first-order valence-electron chi connectivity index (χ1n) is 19.4. The van der Waals surface area contributed by atoms with Crippen LogP contribution in [0.15, 0.2) is 83.9 Å². The molecule has 3 amide bonds.